The van der Waals surface area contributed by atoms with E-state index in [9.17, 15) is 4.79 Å². The van der Waals surface area contributed by atoms with E-state index in [4.69, 9.17) is 27.9 Å². The van der Waals surface area contributed by atoms with Gasteiger partial charge in [-0.1, -0.05) is 47.5 Å². The van der Waals surface area contributed by atoms with Crippen LogP contribution in [0.25, 0.3) is 0 Å². The summed E-state index contributed by atoms with van der Waals surface area (Å²) in [6.45, 7) is 1.82. The number of carbonyl (C=O) groups is 1. The minimum absolute atomic E-state index is 0.0309. The predicted molar refractivity (Wildman–Crippen MR) is 96.6 cm³/mol. The number of benzene rings is 2. The van der Waals surface area contributed by atoms with Crippen LogP contribution >= 0.6 is 23.2 Å². The Kier molecular flexibility index (Phi) is 5.77. The molecular weight excluding hydrogens is 345 g/mol. The quantitative estimate of drug-likeness (QED) is 0.779. The summed E-state index contributed by atoms with van der Waals surface area (Å²) < 4.78 is 5.98. The van der Waals surface area contributed by atoms with Gasteiger partial charge in [-0.2, -0.15) is 0 Å². The topological polar surface area (TPSA) is 29.5 Å². The van der Waals surface area contributed by atoms with Crippen LogP contribution in [0, 0.1) is 0 Å². The SMILES string of the molecule is O=C(c1ccccc1Cl)N1CCC[C@@H](OCc2cccc(Cl)c2)C1. The monoisotopic (exact) mass is 363 g/mol. The summed E-state index contributed by atoms with van der Waals surface area (Å²) in [5.74, 6) is -0.0309. The van der Waals surface area contributed by atoms with Crippen molar-refractivity contribution in [1.29, 1.82) is 0 Å². The summed E-state index contributed by atoms with van der Waals surface area (Å²) in [6, 6.07) is 14.8. The van der Waals surface area contributed by atoms with Crippen molar-refractivity contribution in [2.45, 2.75) is 25.6 Å². The normalized spacial score (nSPS) is 17.8. The first kappa shape index (κ1) is 17.3. The average molecular weight is 364 g/mol. The molecule has 0 saturated carbocycles. The first-order valence-electron chi connectivity index (χ1n) is 8.03. The lowest BCUT2D eigenvalue weighted by molar-refractivity contribution is -0.00672. The van der Waals surface area contributed by atoms with Gasteiger partial charge in [-0.05, 0) is 42.7 Å². The van der Waals surface area contributed by atoms with E-state index in [1.54, 1.807) is 12.1 Å². The molecule has 0 aliphatic carbocycles. The van der Waals surface area contributed by atoms with Crippen molar-refractivity contribution in [3.05, 3.63) is 69.7 Å². The average Bonchev–Trinajstić information content (AvgIpc) is 2.60. The minimum Gasteiger partial charge on any atom is -0.372 e. The van der Waals surface area contributed by atoms with Gasteiger partial charge in [0.25, 0.3) is 5.91 Å². The summed E-state index contributed by atoms with van der Waals surface area (Å²) in [5.41, 5.74) is 1.59. The molecule has 5 heteroatoms. The van der Waals surface area contributed by atoms with Gasteiger partial charge in [0.2, 0.25) is 0 Å². The fourth-order valence-electron chi connectivity index (χ4n) is 2.90. The number of hydrogen-bond acceptors (Lipinski definition) is 2. The van der Waals surface area contributed by atoms with Crippen molar-refractivity contribution in [1.82, 2.24) is 4.90 Å². The largest absolute Gasteiger partial charge is 0.372 e. The standard InChI is InChI=1S/C19H19Cl2NO2/c20-15-6-3-5-14(11-15)13-24-16-7-4-10-22(12-16)19(23)17-8-1-2-9-18(17)21/h1-3,5-6,8-9,11,16H,4,7,10,12-13H2/t16-/m1/s1. The van der Waals surface area contributed by atoms with Crippen molar-refractivity contribution in [2.75, 3.05) is 13.1 Å². The molecule has 126 valence electrons. The van der Waals surface area contributed by atoms with Crippen molar-refractivity contribution in [3.63, 3.8) is 0 Å². The summed E-state index contributed by atoms with van der Waals surface area (Å²) in [7, 11) is 0. The second-order valence-electron chi connectivity index (χ2n) is 5.94. The molecule has 1 aliphatic rings. The molecule has 0 N–H and O–H groups in total. The first-order chi connectivity index (χ1) is 11.6. The number of rotatable bonds is 4. The zero-order valence-corrected chi connectivity index (χ0v) is 14.8. The van der Waals surface area contributed by atoms with Crippen LogP contribution in [0.15, 0.2) is 48.5 Å². The third kappa shape index (κ3) is 4.29. The van der Waals surface area contributed by atoms with Crippen LogP contribution in [0.4, 0.5) is 0 Å². The zero-order chi connectivity index (χ0) is 16.9. The molecule has 2 aromatic carbocycles. The van der Waals surface area contributed by atoms with Crippen molar-refractivity contribution in [3.8, 4) is 0 Å². The lowest BCUT2D eigenvalue weighted by atomic mass is 10.1. The molecule has 0 aromatic heterocycles. The molecule has 1 heterocycles. The van der Waals surface area contributed by atoms with Crippen molar-refractivity contribution in [2.24, 2.45) is 0 Å². The van der Waals surface area contributed by atoms with Gasteiger partial charge in [0.15, 0.2) is 0 Å². The molecule has 24 heavy (non-hydrogen) atoms. The lowest BCUT2D eigenvalue weighted by Gasteiger charge is -2.33. The molecular formula is C19H19Cl2NO2. The van der Waals surface area contributed by atoms with Gasteiger partial charge in [0.05, 0.1) is 23.3 Å². The van der Waals surface area contributed by atoms with Crippen LogP contribution in [-0.4, -0.2) is 30.0 Å². The van der Waals surface area contributed by atoms with Gasteiger partial charge in [0.1, 0.15) is 0 Å². The molecule has 0 bridgehead atoms. The number of hydrogen-bond donors (Lipinski definition) is 0. The smallest absolute Gasteiger partial charge is 0.255 e. The van der Waals surface area contributed by atoms with Crippen LogP contribution in [0.3, 0.4) is 0 Å². The highest BCUT2D eigenvalue weighted by Gasteiger charge is 2.26. The molecule has 0 spiro atoms. The van der Waals surface area contributed by atoms with E-state index in [2.05, 4.69) is 0 Å². The van der Waals surface area contributed by atoms with E-state index < -0.39 is 0 Å². The Morgan fingerprint density at radius 2 is 2.00 bits per heavy atom. The van der Waals surface area contributed by atoms with Gasteiger partial charge < -0.3 is 9.64 Å². The Balaban J connectivity index is 1.60. The highest BCUT2D eigenvalue weighted by molar-refractivity contribution is 6.33. The number of ether oxygens (including phenoxy) is 1. The third-order valence-corrected chi connectivity index (χ3v) is 4.71. The second-order valence-corrected chi connectivity index (χ2v) is 6.78. The fraction of sp³-hybridized carbons (Fsp3) is 0.316. The molecule has 1 saturated heterocycles. The van der Waals surface area contributed by atoms with Crippen LogP contribution in [-0.2, 0) is 11.3 Å². The summed E-state index contributed by atoms with van der Waals surface area (Å²) >= 11 is 12.1. The Morgan fingerprint density at radius 1 is 1.17 bits per heavy atom. The summed E-state index contributed by atoms with van der Waals surface area (Å²) in [4.78, 5) is 14.5. The third-order valence-electron chi connectivity index (χ3n) is 4.14. The van der Waals surface area contributed by atoms with Gasteiger partial charge in [-0.15, -0.1) is 0 Å². The van der Waals surface area contributed by atoms with Crippen LogP contribution in [0.5, 0.6) is 0 Å². The Morgan fingerprint density at radius 3 is 2.79 bits per heavy atom. The van der Waals surface area contributed by atoms with E-state index in [1.165, 1.54) is 0 Å². The van der Waals surface area contributed by atoms with Gasteiger partial charge >= 0.3 is 0 Å². The van der Waals surface area contributed by atoms with Gasteiger partial charge in [0, 0.05) is 18.1 Å². The lowest BCUT2D eigenvalue weighted by Crippen LogP contribution is -2.43. The van der Waals surface area contributed by atoms with Crippen LogP contribution < -0.4 is 0 Å². The number of amides is 1. The Labute approximate surface area is 152 Å². The van der Waals surface area contributed by atoms with Crippen molar-refractivity contribution < 1.29 is 9.53 Å². The van der Waals surface area contributed by atoms with E-state index in [1.807, 2.05) is 41.3 Å². The van der Waals surface area contributed by atoms with E-state index in [0.29, 0.717) is 28.8 Å². The van der Waals surface area contributed by atoms with Crippen molar-refractivity contribution >= 4 is 29.1 Å². The van der Waals surface area contributed by atoms with E-state index >= 15 is 0 Å². The van der Waals surface area contributed by atoms with E-state index in [0.717, 1.165) is 24.9 Å². The fourth-order valence-corrected chi connectivity index (χ4v) is 3.33. The number of nitrogens with zero attached hydrogens (tertiary/aromatic N) is 1. The number of piperidine rings is 1. The molecule has 0 radical (unpaired) electrons. The number of likely N-dealkylation sites (tertiary alicyclic amines) is 1. The molecule has 2 aromatic rings. The molecule has 3 rings (SSSR count). The van der Waals surface area contributed by atoms with Gasteiger partial charge in [-0.25, -0.2) is 0 Å². The first-order valence-corrected chi connectivity index (χ1v) is 8.79. The maximum atomic E-state index is 12.7. The van der Waals surface area contributed by atoms with E-state index in [-0.39, 0.29) is 12.0 Å². The zero-order valence-electron chi connectivity index (χ0n) is 13.3. The molecule has 0 unspecified atom stereocenters. The number of carbonyl (C=O) groups excluding carboxylic acids is 1. The highest BCUT2D eigenvalue weighted by Crippen LogP contribution is 2.22. The highest BCUT2D eigenvalue weighted by atomic mass is 35.5. The second kappa shape index (κ2) is 8.02. The number of halogens is 2. The Hall–Kier alpha value is -1.55. The van der Waals surface area contributed by atoms with Gasteiger partial charge in [-0.3, -0.25) is 4.79 Å². The molecule has 3 nitrogen and oxygen atoms in total. The predicted octanol–water partition coefficient (Wildman–Crippen LogP) is 4.81. The maximum Gasteiger partial charge on any atom is 0.255 e. The molecule has 1 fully saturated rings. The maximum absolute atomic E-state index is 12.7. The molecule has 1 atom stereocenters. The summed E-state index contributed by atoms with van der Waals surface area (Å²) in [5, 5.41) is 1.19. The molecule has 1 aliphatic heterocycles. The Bertz CT molecular complexity index is 720. The summed E-state index contributed by atoms with van der Waals surface area (Å²) in [6.07, 6.45) is 1.91. The minimum atomic E-state index is -0.0309. The molecule has 1 amide bonds. The van der Waals surface area contributed by atoms with Crippen LogP contribution in [0.1, 0.15) is 28.8 Å². The van der Waals surface area contributed by atoms with Crippen LogP contribution in [0.2, 0.25) is 10.0 Å².